The summed E-state index contributed by atoms with van der Waals surface area (Å²) < 4.78 is 15.6. The van der Waals surface area contributed by atoms with Gasteiger partial charge in [0.1, 0.15) is 17.9 Å². The van der Waals surface area contributed by atoms with E-state index in [2.05, 4.69) is 4.74 Å². The van der Waals surface area contributed by atoms with E-state index in [-0.39, 0.29) is 24.3 Å². The van der Waals surface area contributed by atoms with Gasteiger partial charge in [-0.3, -0.25) is 14.9 Å². The van der Waals surface area contributed by atoms with Gasteiger partial charge in [0.15, 0.2) is 0 Å². The van der Waals surface area contributed by atoms with Crippen LogP contribution in [0.5, 0.6) is 5.75 Å². The zero-order valence-electron chi connectivity index (χ0n) is 15.3. The molecule has 0 aliphatic carbocycles. The Bertz CT molecular complexity index is 1100. The minimum absolute atomic E-state index is 0.00876. The largest absolute Gasteiger partial charge is 0.489 e. The lowest BCUT2D eigenvalue weighted by Gasteiger charge is -2.10. The molecule has 0 aliphatic rings. The molecule has 0 saturated heterocycles. The Labute approximate surface area is 159 Å². The van der Waals surface area contributed by atoms with E-state index < -0.39 is 16.5 Å². The highest BCUT2D eigenvalue weighted by Gasteiger charge is 2.15. The Hall–Kier alpha value is -3.68. The first kappa shape index (κ1) is 19.1. The fourth-order valence-electron chi connectivity index (χ4n) is 2.77. The van der Waals surface area contributed by atoms with Crippen molar-refractivity contribution < 1.29 is 23.6 Å². The SMILES string of the molecule is COC(=O)Cc1c(C)c2ccc(OCc3ccc([N+](=O)[O-])cc3)cc2oc1=O. The van der Waals surface area contributed by atoms with Crippen LogP contribution >= 0.6 is 0 Å². The Morgan fingerprint density at radius 1 is 1.18 bits per heavy atom. The van der Waals surface area contributed by atoms with Crippen LogP contribution in [0.25, 0.3) is 11.0 Å². The molecule has 2 aromatic carbocycles. The summed E-state index contributed by atoms with van der Waals surface area (Å²) in [6.07, 6.45) is -0.154. The Morgan fingerprint density at radius 3 is 2.54 bits per heavy atom. The molecule has 0 atom stereocenters. The lowest BCUT2D eigenvalue weighted by molar-refractivity contribution is -0.384. The maximum atomic E-state index is 12.2. The lowest BCUT2D eigenvalue weighted by Crippen LogP contribution is -2.16. The topological polar surface area (TPSA) is 109 Å². The summed E-state index contributed by atoms with van der Waals surface area (Å²) in [7, 11) is 1.26. The Morgan fingerprint density at radius 2 is 1.89 bits per heavy atom. The van der Waals surface area contributed by atoms with Crippen LogP contribution in [0, 0.1) is 17.0 Å². The molecule has 0 unspecified atom stereocenters. The third-order valence-corrected chi connectivity index (χ3v) is 4.36. The second-order valence-corrected chi connectivity index (χ2v) is 6.12. The zero-order chi connectivity index (χ0) is 20.3. The maximum Gasteiger partial charge on any atom is 0.340 e. The van der Waals surface area contributed by atoms with Gasteiger partial charge in [-0.1, -0.05) is 0 Å². The minimum Gasteiger partial charge on any atom is -0.489 e. The van der Waals surface area contributed by atoms with Crippen molar-refractivity contribution in [2.45, 2.75) is 20.0 Å². The number of rotatable bonds is 6. The van der Waals surface area contributed by atoms with Crippen molar-refractivity contribution in [3.63, 3.8) is 0 Å². The first-order valence-corrected chi connectivity index (χ1v) is 8.38. The molecule has 0 saturated carbocycles. The van der Waals surface area contributed by atoms with E-state index in [1.165, 1.54) is 19.2 Å². The first-order valence-electron chi connectivity index (χ1n) is 8.38. The molecule has 8 heteroatoms. The van der Waals surface area contributed by atoms with E-state index in [1.807, 2.05) is 0 Å². The number of hydrogen-bond donors (Lipinski definition) is 0. The summed E-state index contributed by atoms with van der Waals surface area (Å²) in [5.41, 5.74) is 1.43. The number of aryl methyl sites for hydroxylation is 1. The number of carbonyl (C=O) groups is 1. The quantitative estimate of drug-likeness (QED) is 0.278. The van der Waals surface area contributed by atoms with Crippen LogP contribution in [0.1, 0.15) is 16.7 Å². The monoisotopic (exact) mass is 383 g/mol. The summed E-state index contributed by atoms with van der Waals surface area (Å²) in [6, 6.07) is 11.1. The highest BCUT2D eigenvalue weighted by molar-refractivity contribution is 5.84. The number of benzene rings is 2. The molecule has 0 spiro atoms. The predicted molar refractivity (Wildman–Crippen MR) is 100 cm³/mol. The Kier molecular flexibility index (Phi) is 5.39. The molecule has 0 bridgehead atoms. The standard InChI is InChI=1S/C20H17NO7/c1-12-16-8-7-15(27-11-13-3-5-14(6-4-13)21(24)25)9-18(16)28-20(23)17(12)10-19(22)26-2/h3-9H,10-11H2,1-2H3. The van der Waals surface area contributed by atoms with E-state index in [0.717, 1.165) is 5.56 Å². The fourth-order valence-corrected chi connectivity index (χ4v) is 2.77. The number of ether oxygens (including phenoxy) is 2. The van der Waals surface area contributed by atoms with Crippen molar-refractivity contribution in [2.24, 2.45) is 0 Å². The third kappa shape index (κ3) is 4.01. The van der Waals surface area contributed by atoms with Crippen molar-refractivity contribution >= 4 is 22.6 Å². The number of carbonyl (C=O) groups excluding carboxylic acids is 1. The average Bonchev–Trinajstić information content (AvgIpc) is 2.69. The number of nitro groups is 1. The van der Waals surface area contributed by atoms with E-state index >= 15 is 0 Å². The molecule has 0 fully saturated rings. The molecule has 8 nitrogen and oxygen atoms in total. The maximum absolute atomic E-state index is 12.2. The van der Waals surface area contributed by atoms with Crippen molar-refractivity contribution in [1.29, 1.82) is 0 Å². The second-order valence-electron chi connectivity index (χ2n) is 6.12. The smallest absolute Gasteiger partial charge is 0.340 e. The van der Waals surface area contributed by atoms with Crippen molar-refractivity contribution in [3.05, 3.63) is 79.7 Å². The summed E-state index contributed by atoms with van der Waals surface area (Å²) in [5.74, 6) is -0.0353. The summed E-state index contributed by atoms with van der Waals surface area (Å²) in [6.45, 7) is 1.95. The zero-order valence-corrected chi connectivity index (χ0v) is 15.3. The van der Waals surface area contributed by atoms with Gasteiger partial charge in [-0.15, -0.1) is 0 Å². The molecule has 0 amide bonds. The first-order chi connectivity index (χ1) is 13.4. The van der Waals surface area contributed by atoms with Crippen LogP contribution in [-0.2, 0) is 22.6 Å². The fraction of sp³-hybridized carbons (Fsp3) is 0.200. The molecule has 1 aromatic heterocycles. The van der Waals surface area contributed by atoms with Gasteiger partial charge < -0.3 is 13.9 Å². The van der Waals surface area contributed by atoms with Crippen LogP contribution in [0.3, 0.4) is 0 Å². The second kappa shape index (κ2) is 7.91. The third-order valence-electron chi connectivity index (χ3n) is 4.36. The summed E-state index contributed by atoms with van der Waals surface area (Å²) in [5, 5.41) is 11.4. The van der Waals surface area contributed by atoms with Gasteiger partial charge in [-0.25, -0.2) is 4.79 Å². The van der Waals surface area contributed by atoms with Crippen LogP contribution in [0.15, 0.2) is 51.7 Å². The molecule has 0 N–H and O–H groups in total. The van der Waals surface area contributed by atoms with Gasteiger partial charge in [0.25, 0.3) is 5.69 Å². The highest BCUT2D eigenvalue weighted by atomic mass is 16.6. The van der Waals surface area contributed by atoms with E-state index in [9.17, 15) is 19.7 Å². The number of esters is 1. The van der Waals surface area contributed by atoms with Gasteiger partial charge in [0.05, 0.1) is 24.0 Å². The molecule has 28 heavy (non-hydrogen) atoms. The normalized spacial score (nSPS) is 10.6. The molecular formula is C20H17NO7. The van der Waals surface area contributed by atoms with E-state index in [0.29, 0.717) is 22.3 Å². The number of nitrogens with zero attached hydrogens (tertiary/aromatic N) is 1. The van der Waals surface area contributed by atoms with Gasteiger partial charge in [-0.2, -0.15) is 0 Å². The van der Waals surface area contributed by atoms with E-state index in [4.69, 9.17) is 9.15 Å². The van der Waals surface area contributed by atoms with Gasteiger partial charge in [0.2, 0.25) is 0 Å². The molecule has 144 valence electrons. The molecule has 1 heterocycles. The Balaban J connectivity index is 1.82. The van der Waals surface area contributed by atoms with Gasteiger partial charge in [-0.05, 0) is 42.3 Å². The van der Waals surface area contributed by atoms with Crippen LogP contribution in [-0.4, -0.2) is 18.0 Å². The number of hydrogen-bond acceptors (Lipinski definition) is 7. The minimum atomic E-state index is -0.595. The predicted octanol–water partition coefficient (Wildman–Crippen LogP) is 3.30. The highest BCUT2D eigenvalue weighted by Crippen LogP contribution is 2.25. The molecule has 3 rings (SSSR count). The van der Waals surface area contributed by atoms with E-state index in [1.54, 1.807) is 37.3 Å². The molecular weight excluding hydrogens is 366 g/mol. The molecule has 3 aromatic rings. The summed E-state index contributed by atoms with van der Waals surface area (Å²) >= 11 is 0. The van der Waals surface area contributed by atoms with Crippen molar-refractivity contribution in [3.8, 4) is 5.75 Å². The van der Waals surface area contributed by atoms with Crippen LogP contribution in [0.2, 0.25) is 0 Å². The van der Waals surface area contributed by atoms with Gasteiger partial charge >= 0.3 is 11.6 Å². The number of fused-ring (bicyclic) bond motifs is 1. The number of non-ortho nitro benzene ring substituents is 1. The molecule has 0 aliphatic heterocycles. The van der Waals surface area contributed by atoms with Gasteiger partial charge in [0, 0.05) is 23.6 Å². The average molecular weight is 383 g/mol. The number of methoxy groups -OCH3 is 1. The number of nitro benzene ring substituents is 1. The van der Waals surface area contributed by atoms with Crippen molar-refractivity contribution in [1.82, 2.24) is 0 Å². The van der Waals surface area contributed by atoms with Crippen LogP contribution < -0.4 is 10.4 Å². The summed E-state index contributed by atoms with van der Waals surface area (Å²) in [4.78, 5) is 33.9. The van der Waals surface area contributed by atoms with Crippen LogP contribution in [0.4, 0.5) is 5.69 Å². The molecule has 0 radical (unpaired) electrons. The van der Waals surface area contributed by atoms with Crippen molar-refractivity contribution in [2.75, 3.05) is 7.11 Å². The lowest BCUT2D eigenvalue weighted by atomic mass is 10.0.